The second-order valence-electron chi connectivity index (χ2n) is 7.32. The normalized spacial score (nSPS) is 15.9. The van der Waals surface area contributed by atoms with Crippen LogP contribution in [0.1, 0.15) is 44.7 Å². The van der Waals surface area contributed by atoms with E-state index in [1.165, 1.54) is 11.4 Å². The smallest absolute Gasteiger partial charge is 0.178 e. The summed E-state index contributed by atoms with van der Waals surface area (Å²) in [6, 6.07) is 16.8. The topological polar surface area (TPSA) is 35.6 Å². The van der Waals surface area contributed by atoms with Crippen LogP contribution < -0.4 is 15.1 Å². The Kier molecular flexibility index (Phi) is 6.63. The Morgan fingerprint density at radius 3 is 1.62 bits per heavy atom. The molecule has 0 fully saturated rings. The monoisotopic (exact) mass is 391 g/mol. The molecule has 0 radical (unpaired) electrons. The van der Waals surface area contributed by atoms with Crippen LogP contribution in [0.25, 0.3) is 5.57 Å². The molecule has 1 aliphatic carbocycles. The number of hydrogen-bond acceptors (Lipinski definition) is 4. The van der Waals surface area contributed by atoms with E-state index in [4.69, 9.17) is 0 Å². The van der Waals surface area contributed by atoms with Gasteiger partial charge in [0.1, 0.15) is 0 Å². The molecular weight excluding hydrogens is 358 g/mol. The molecule has 0 saturated carbocycles. The molecule has 0 spiro atoms. The van der Waals surface area contributed by atoms with Crippen molar-refractivity contribution in [3.63, 3.8) is 0 Å². The predicted molar refractivity (Wildman–Crippen MR) is 124 cm³/mol. The van der Waals surface area contributed by atoms with Gasteiger partial charge in [-0.1, -0.05) is 24.3 Å². The molecule has 1 aliphatic rings. The van der Waals surface area contributed by atoms with E-state index in [9.17, 15) is 4.79 Å². The van der Waals surface area contributed by atoms with E-state index in [1.54, 1.807) is 0 Å². The van der Waals surface area contributed by atoms with Gasteiger partial charge in [0.2, 0.25) is 0 Å². The quantitative estimate of drug-likeness (QED) is 0.673. The lowest BCUT2D eigenvalue weighted by atomic mass is 9.73. The van der Waals surface area contributed by atoms with Gasteiger partial charge in [-0.3, -0.25) is 4.79 Å². The van der Waals surface area contributed by atoms with Crippen molar-refractivity contribution >= 4 is 22.7 Å². The van der Waals surface area contributed by atoms with E-state index in [2.05, 4.69) is 91.3 Å². The first-order valence-corrected chi connectivity index (χ1v) is 10.8. The van der Waals surface area contributed by atoms with E-state index in [0.29, 0.717) is 0 Å². The largest absolute Gasteiger partial charge is 0.390 e. The summed E-state index contributed by atoms with van der Waals surface area (Å²) in [6.45, 7) is 12.5. The number of rotatable bonds is 9. The molecule has 1 atom stereocenters. The van der Waals surface area contributed by atoms with Crippen LogP contribution in [0.4, 0.5) is 11.4 Å². The number of ketones is 1. The zero-order valence-electron chi connectivity index (χ0n) is 18.3. The standard InChI is InChI=1S/C25H33N3O/c1-6-27(7-2)20-14-10-18(11-15-20)22-24(26-5)23(25(22)29)19-12-16-21(17-13-19)28(8-3)9-4/h10-17,22,26H,6-9H2,1-5H3. The molecule has 0 bridgehead atoms. The summed E-state index contributed by atoms with van der Waals surface area (Å²) in [7, 11) is 1.91. The van der Waals surface area contributed by atoms with E-state index < -0.39 is 0 Å². The van der Waals surface area contributed by atoms with Crippen LogP contribution in [-0.2, 0) is 4.79 Å². The number of allylic oxidation sites excluding steroid dienone is 2. The Morgan fingerprint density at radius 1 is 0.759 bits per heavy atom. The third kappa shape index (κ3) is 3.89. The molecule has 4 nitrogen and oxygen atoms in total. The number of anilines is 2. The van der Waals surface area contributed by atoms with Crippen LogP contribution in [0, 0.1) is 0 Å². The summed E-state index contributed by atoms with van der Waals surface area (Å²) in [4.78, 5) is 17.7. The Morgan fingerprint density at radius 2 is 1.21 bits per heavy atom. The average molecular weight is 392 g/mol. The number of carbonyl (C=O) groups is 1. The molecule has 0 aliphatic heterocycles. The first-order valence-electron chi connectivity index (χ1n) is 10.8. The van der Waals surface area contributed by atoms with Gasteiger partial charge in [-0.15, -0.1) is 0 Å². The van der Waals surface area contributed by atoms with Crippen molar-refractivity contribution in [2.75, 3.05) is 43.0 Å². The van der Waals surface area contributed by atoms with Crippen molar-refractivity contribution in [3.05, 3.63) is 65.4 Å². The highest BCUT2D eigenvalue weighted by molar-refractivity contribution is 6.32. The summed E-state index contributed by atoms with van der Waals surface area (Å²) in [6.07, 6.45) is 0. The van der Waals surface area contributed by atoms with E-state index in [0.717, 1.165) is 48.6 Å². The van der Waals surface area contributed by atoms with Crippen molar-refractivity contribution < 1.29 is 4.79 Å². The minimum absolute atomic E-state index is 0.191. The van der Waals surface area contributed by atoms with Crippen molar-refractivity contribution in [1.82, 2.24) is 5.32 Å². The van der Waals surface area contributed by atoms with Crippen molar-refractivity contribution in [3.8, 4) is 0 Å². The maximum atomic E-state index is 13.1. The molecule has 1 unspecified atom stereocenters. The second kappa shape index (κ2) is 9.17. The molecule has 4 heteroatoms. The van der Waals surface area contributed by atoms with Gasteiger partial charge in [-0.05, 0) is 63.1 Å². The summed E-state index contributed by atoms with van der Waals surface area (Å²) in [5.41, 5.74) is 6.27. The summed E-state index contributed by atoms with van der Waals surface area (Å²) >= 11 is 0. The summed E-state index contributed by atoms with van der Waals surface area (Å²) < 4.78 is 0. The van der Waals surface area contributed by atoms with Crippen LogP contribution in [0.2, 0.25) is 0 Å². The molecule has 0 heterocycles. The van der Waals surface area contributed by atoms with Gasteiger partial charge in [-0.2, -0.15) is 0 Å². The minimum atomic E-state index is -0.191. The summed E-state index contributed by atoms with van der Waals surface area (Å²) in [5, 5.41) is 3.29. The predicted octanol–water partition coefficient (Wildman–Crippen LogP) is 4.68. The van der Waals surface area contributed by atoms with Crippen LogP contribution in [0.15, 0.2) is 54.2 Å². The van der Waals surface area contributed by atoms with Gasteiger partial charge < -0.3 is 15.1 Å². The van der Waals surface area contributed by atoms with E-state index in [1.807, 2.05) is 7.05 Å². The highest BCUT2D eigenvalue weighted by atomic mass is 16.1. The maximum absolute atomic E-state index is 13.1. The van der Waals surface area contributed by atoms with Gasteiger partial charge in [0.15, 0.2) is 5.78 Å². The Bertz CT molecular complexity index is 860. The molecule has 2 aromatic rings. The van der Waals surface area contributed by atoms with Crippen LogP contribution in [-0.4, -0.2) is 39.0 Å². The average Bonchev–Trinajstić information content (AvgIpc) is 2.75. The number of carbonyl (C=O) groups excluding carboxylic acids is 1. The molecular formula is C25H33N3O. The number of benzene rings is 2. The number of hydrogen-bond donors (Lipinski definition) is 1. The molecule has 154 valence electrons. The third-order valence-corrected chi connectivity index (χ3v) is 5.98. The van der Waals surface area contributed by atoms with Crippen molar-refractivity contribution in [1.29, 1.82) is 0 Å². The van der Waals surface area contributed by atoms with Crippen LogP contribution >= 0.6 is 0 Å². The second-order valence-corrected chi connectivity index (χ2v) is 7.32. The SMILES string of the molecule is CCN(CC)c1ccc(C2=C(NC)C(c3ccc(N(CC)CC)cc3)C2=O)cc1. The molecule has 0 amide bonds. The number of likely N-dealkylation sites (N-methyl/N-ethyl adjacent to an activating group) is 1. The van der Waals surface area contributed by atoms with Gasteiger partial charge in [0, 0.05) is 55.9 Å². The first-order chi connectivity index (χ1) is 14.1. The lowest BCUT2D eigenvalue weighted by molar-refractivity contribution is -0.115. The van der Waals surface area contributed by atoms with Crippen molar-refractivity contribution in [2.24, 2.45) is 0 Å². The third-order valence-electron chi connectivity index (χ3n) is 5.98. The van der Waals surface area contributed by atoms with Gasteiger partial charge >= 0.3 is 0 Å². The van der Waals surface area contributed by atoms with Crippen LogP contribution in [0.5, 0.6) is 0 Å². The Labute approximate surface area is 175 Å². The maximum Gasteiger partial charge on any atom is 0.178 e. The van der Waals surface area contributed by atoms with Gasteiger partial charge in [0.05, 0.1) is 5.92 Å². The Balaban J connectivity index is 1.86. The van der Waals surface area contributed by atoms with Crippen LogP contribution in [0.3, 0.4) is 0 Å². The molecule has 1 N–H and O–H groups in total. The molecule has 0 saturated heterocycles. The molecule has 3 rings (SSSR count). The van der Waals surface area contributed by atoms with E-state index >= 15 is 0 Å². The fourth-order valence-electron chi connectivity index (χ4n) is 4.25. The first kappa shape index (κ1) is 21.0. The minimum Gasteiger partial charge on any atom is -0.390 e. The lowest BCUT2D eigenvalue weighted by Crippen LogP contribution is -2.35. The zero-order valence-corrected chi connectivity index (χ0v) is 18.3. The number of nitrogens with zero attached hydrogens (tertiary/aromatic N) is 2. The lowest BCUT2D eigenvalue weighted by Gasteiger charge is -2.33. The van der Waals surface area contributed by atoms with E-state index in [-0.39, 0.29) is 11.7 Å². The van der Waals surface area contributed by atoms with Crippen molar-refractivity contribution in [2.45, 2.75) is 33.6 Å². The number of nitrogens with one attached hydrogen (secondary N) is 1. The zero-order chi connectivity index (χ0) is 21.0. The number of Topliss-reactive ketones (excluding diaryl/α,β-unsaturated/α-hetero) is 1. The Hall–Kier alpha value is -2.75. The molecule has 29 heavy (non-hydrogen) atoms. The fourth-order valence-corrected chi connectivity index (χ4v) is 4.25. The molecule has 2 aromatic carbocycles. The highest BCUT2D eigenvalue weighted by Crippen LogP contribution is 2.43. The van der Waals surface area contributed by atoms with Gasteiger partial charge in [-0.25, -0.2) is 0 Å². The molecule has 0 aromatic heterocycles. The van der Waals surface area contributed by atoms with Gasteiger partial charge in [0.25, 0.3) is 0 Å². The summed E-state index contributed by atoms with van der Waals surface area (Å²) in [5.74, 6) is 0.00346. The fraction of sp³-hybridized carbons (Fsp3) is 0.400. The highest BCUT2D eigenvalue weighted by Gasteiger charge is 2.40.